The molecule has 0 radical (unpaired) electrons. The Morgan fingerprint density at radius 1 is 1.05 bits per heavy atom. The molecule has 2 aromatic carbocycles. The van der Waals surface area contributed by atoms with Crippen molar-refractivity contribution < 1.29 is 13.3 Å². The van der Waals surface area contributed by atoms with Gasteiger partial charge in [0.1, 0.15) is 11.6 Å². The second-order valence-corrected chi connectivity index (χ2v) is 4.72. The summed E-state index contributed by atoms with van der Waals surface area (Å²) in [6, 6.07) is 11.4. The summed E-state index contributed by atoms with van der Waals surface area (Å²) in [6.45, 7) is 1.56. The van der Waals surface area contributed by atoms with Gasteiger partial charge >= 0.3 is 0 Å². The number of nitrogens with two attached hydrogens (primary N) is 1. The topological polar surface area (TPSA) is 52.0 Å². The average Bonchev–Trinajstić information content (AvgIpc) is 2.85. The quantitative estimate of drug-likeness (QED) is 0.769. The standard InChI is InChI=1S/C16H12F2N2O/c1-9-7-11(13(18)8-12(9)17)15-14(16(19)20-21-15)10-5-3-2-4-6-10/h2-8H,1H3,(H2,19,20). The van der Waals surface area contributed by atoms with E-state index in [0.717, 1.165) is 11.6 Å². The molecule has 3 nitrogen and oxygen atoms in total. The maximum atomic E-state index is 14.1. The number of aryl methyl sites for hydroxylation is 1. The minimum Gasteiger partial charge on any atom is -0.380 e. The van der Waals surface area contributed by atoms with Crippen molar-refractivity contribution in [3.8, 4) is 22.5 Å². The fraction of sp³-hybridized carbons (Fsp3) is 0.0625. The lowest BCUT2D eigenvalue weighted by Gasteiger charge is -2.05. The summed E-state index contributed by atoms with van der Waals surface area (Å²) in [5.41, 5.74) is 7.54. The summed E-state index contributed by atoms with van der Waals surface area (Å²) in [5.74, 6) is -0.965. The summed E-state index contributed by atoms with van der Waals surface area (Å²) < 4.78 is 32.6. The molecule has 0 amide bonds. The zero-order chi connectivity index (χ0) is 15.0. The van der Waals surface area contributed by atoms with Gasteiger partial charge in [0.2, 0.25) is 0 Å². The van der Waals surface area contributed by atoms with Gasteiger partial charge in [-0.1, -0.05) is 35.5 Å². The van der Waals surface area contributed by atoms with Crippen LogP contribution in [-0.4, -0.2) is 5.16 Å². The van der Waals surface area contributed by atoms with Gasteiger partial charge in [-0.15, -0.1) is 0 Å². The number of anilines is 1. The molecule has 0 aliphatic heterocycles. The first kappa shape index (κ1) is 13.3. The highest BCUT2D eigenvalue weighted by Crippen LogP contribution is 2.38. The molecule has 0 spiro atoms. The molecule has 0 unspecified atom stereocenters. The van der Waals surface area contributed by atoms with Crippen LogP contribution in [0.5, 0.6) is 0 Å². The number of aromatic nitrogens is 1. The Bertz CT molecular complexity index is 798. The van der Waals surface area contributed by atoms with Gasteiger partial charge in [0.05, 0.1) is 11.1 Å². The van der Waals surface area contributed by atoms with E-state index in [4.69, 9.17) is 10.3 Å². The average molecular weight is 286 g/mol. The fourth-order valence-electron chi connectivity index (χ4n) is 2.20. The van der Waals surface area contributed by atoms with Crippen molar-refractivity contribution >= 4 is 5.82 Å². The van der Waals surface area contributed by atoms with Crippen LogP contribution in [0.25, 0.3) is 22.5 Å². The first-order valence-electron chi connectivity index (χ1n) is 6.34. The van der Waals surface area contributed by atoms with Crippen LogP contribution in [0.3, 0.4) is 0 Å². The third kappa shape index (κ3) is 2.27. The van der Waals surface area contributed by atoms with Crippen LogP contribution in [0, 0.1) is 18.6 Å². The molecule has 1 heterocycles. The molecule has 0 saturated carbocycles. The van der Waals surface area contributed by atoms with Gasteiger partial charge in [-0.05, 0) is 24.1 Å². The lowest BCUT2D eigenvalue weighted by Crippen LogP contribution is -1.92. The predicted molar refractivity (Wildman–Crippen MR) is 76.4 cm³/mol. The lowest BCUT2D eigenvalue weighted by molar-refractivity contribution is 0.433. The summed E-state index contributed by atoms with van der Waals surface area (Å²) in [5, 5.41) is 3.70. The normalized spacial score (nSPS) is 10.8. The summed E-state index contributed by atoms with van der Waals surface area (Å²) in [7, 11) is 0. The lowest BCUT2D eigenvalue weighted by atomic mass is 10.00. The molecule has 0 saturated heterocycles. The van der Waals surface area contributed by atoms with E-state index >= 15 is 0 Å². The van der Waals surface area contributed by atoms with Crippen LogP contribution in [-0.2, 0) is 0 Å². The molecular weight excluding hydrogens is 274 g/mol. The van der Waals surface area contributed by atoms with E-state index in [9.17, 15) is 8.78 Å². The third-order valence-electron chi connectivity index (χ3n) is 3.27. The summed E-state index contributed by atoms with van der Waals surface area (Å²) >= 11 is 0. The molecule has 2 N–H and O–H groups in total. The number of hydrogen-bond acceptors (Lipinski definition) is 3. The van der Waals surface area contributed by atoms with Crippen LogP contribution < -0.4 is 5.73 Å². The zero-order valence-corrected chi connectivity index (χ0v) is 11.2. The number of nitrogen functional groups attached to an aromatic ring is 1. The first-order valence-corrected chi connectivity index (χ1v) is 6.34. The largest absolute Gasteiger partial charge is 0.380 e. The Hall–Kier alpha value is -2.69. The van der Waals surface area contributed by atoms with Crippen molar-refractivity contribution in [1.29, 1.82) is 0 Å². The van der Waals surface area contributed by atoms with Gasteiger partial charge in [-0.25, -0.2) is 8.78 Å². The van der Waals surface area contributed by atoms with E-state index in [-0.39, 0.29) is 17.1 Å². The van der Waals surface area contributed by atoms with Crippen molar-refractivity contribution in [1.82, 2.24) is 5.16 Å². The van der Waals surface area contributed by atoms with Gasteiger partial charge in [-0.2, -0.15) is 0 Å². The van der Waals surface area contributed by atoms with Crippen molar-refractivity contribution in [2.24, 2.45) is 0 Å². The number of rotatable bonds is 2. The van der Waals surface area contributed by atoms with Gasteiger partial charge in [0.25, 0.3) is 0 Å². The smallest absolute Gasteiger partial charge is 0.179 e. The zero-order valence-electron chi connectivity index (χ0n) is 11.2. The molecule has 1 aromatic heterocycles. The van der Waals surface area contributed by atoms with Gasteiger partial charge in [0, 0.05) is 6.07 Å². The second kappa shape index (κ2) is 5.01. The Labute approximate surface area is 120 Å². The Kier molecular flexibility index (Phi) is 3.17. The highest BCUT2D eigenvalue weighted by molar-refractivity contribution is 5.86. The first-order chi connectivity index (χ1) is 10.1. The molecule has 21 heavy (non-hydrogen) atoms. The summed E-state index contributed by atoms with van der Waals surface area (Å²) in [4.78, 5) is 0. The Morgan fingerprint density at radius 2 is 1.76 bits per heavy atom. The number of nitrogens with zero attached hydrogens (tertiary/aromatic N) is 1. The molecule has 5 heteroatoms. The minimum atomic E-state index is -0.716. The SMILES string of the molecule is Cc1cc(-c2onc(N)c2-c2ccccc2)c(F)cc1F. The molecule has 0 aliphatic carbocycles. The predicted octanol–water partition coefficient (Wildman–Crippen LogP) is 4.18. The van der Waals surface area contributed by atoms with Crippen molar-refractivity contribution in [3.63, 3.8) is 0 Å². The third-order valence-corrected chi connectivity index (χ3v) is 3.27. The number of halogens is 2. The maximum Gasteiger partial charge on any atom is 0.179 e. The molecule has 3 rings (SSSR count). The van der Waals surface area contributed by atoms with Crippen LogP contribution in [0.2, 0.25) is 0 Å². The highest BCUT2D eigenvalue weighted by Gasteiger charge is 2.21. The second-order valence-electron chi connectivity index (χ2n) is 4.72. The highest BCUT2D eigenvalue weighted by atomic mass is 19.1. The van der Waals surface area contributed by atoms with E-state index in [1.54, 1.807) is 6.92 Å². The summed E-state index contributed by atoms with van der Waals surface area (Å²) in [6.07, 6.45) is 0. The van der Waals surface area contributed by atoms with Crippen LogP contribution in [0.4, 0.5) is 14.6 Å². The van der Waals surface area contributed by atoms with Crippen LogP contribution in [0.15, 0.2) is 47.0 Å². The molecule has 0 fully saturated rings. The molecule has 0 aliphatic rings. The monoisotopic (exact) mass is 286 g/mol. The Balaban J connectivity index is 2.24. The molecule has 0 atom stereocenters. The molecule has 106 valence electrons. The minimum absolute atomic E-state index is 0.136. The molecule has 0 bridgehead atoms. The van der Waals surface area contributed by atoms with E-state index in [1.165, 1.54) is 6.07 Å². The van der Waals surface area contributed by atoms with Crippen molar-refractivity contribution in [2.75, 3.05) is 5.73 Å². The van der Waals surface area contributed by atoms with Crippen molar-refractivity contribution in [3.05, 3.63) is 59.7 Å². The van der Waals surface area contributed by atoms with Gasteiger partial charge in [0.15, 0.2) is 11.6 Å². The maximum absolute atomic E-state index is 14.1. The number of benzene rings is 2. The van der Waals surface area contributed by atoms with Crippen LogP contribution in [0.1, 0.15) is 5.56 Å². The van der Waals surface area contributed by atoms with E-state index in [0.29, 0.717) is 11.1 Å². The Morgan fingerprint density at radius 3 is 2.48 bits per heavy atom. The van der Waals surface area contributed by atoms with E-state index in [1.807, 2.05) is 30.3 Å². The van der Waals surface area contributed by atoms with E-state index in [2.05, 4.69) is 5.16 Å². The molecular formula is C16H12F2N2O. The van der Waals surface area contributed by atoms with Crippen LogP contribution >= 0.6 is 0 Å². The van der Waals surface area contributed by atoms with Crippen molar-refractivity contribution in [2.45, 2.75) is 6.92 Å². The van der Waals surface area contributed by atoms with Gasteiger partial charge in [-0.3, -0.25) is 0 Å². The van der Waals surface area contributed by atoms with E-state index < -0.39 is 11.6 Å². The number of hydrogen-bond donors (Lipinski definition) is 1. The fourth-order valence-corrected chi connectivity index (χ4v) is 2.20. The van der Waals surface area contributed by atoms with Gasteiger partial charge < -0.3 is 10.3 Å². The molecule has 3 aromatic rings.